The Bertz CT molecular complexity index is 417. The molecule has 116 valence electrons. The highest BCUT2D eigenvalue weighted by Gasteiger charge is 2.21. The lowest BCUT2D eigenvalue weighted by Gasteiger charge is -2.31. The summed E-state index contributed by atoms with van der Waals surface area (Å²) in [6.45, 7) is 2.99. The van der Waals surface area contributed by atoms with Crippen LogP contribution in [-0.2, 0) is 9.53 Å². The molecule has 1 amide bonds. The van der Waals surface area contributed by atoms with E-state index < -0.39 is 0 Å². The number of ether oxygens (including phenoxy) is 1. The van der Waals surface area contributed by atoms with Crippen LogP contribution in [0.2, 0.25) is 0 Å². The highest BCUT2D eigenvalue weighted by molar-refractivity contribution is 5.92. The molecule has 5 nitrogen and oxygen atoms in total. The van der Waals surface area contributed by atoms with Gasteiger partial charge in [-0.05, 0) is 31.4 Å². The topological polar surface area (TPSA) is 61.8 Å². The second kappa shape index (κ2) is 8.77. The molecule has 0 saturated carbocycles. The van der Waals surface area contributed by atoms with Crippen molar-refractivity contribution in [3.63, 3.8) is 0 Å². The lowest BCUT2D eigenvalue weighted by Crippen LogP contribution is -2.41. The summed E-state index contributed by atoms with van der Waals surface area (Å²) in [6, 6.07) is 9.52. The van der Waals surface area contributed by atoms with Crippen LogP contribution in [0.25, 0.3) is 0 Å². The van der Waals surface area contributed by atoms with E-state index in [2.05, 4.69) is 10.2 Å². The Morgan fingerprint density at radius 2 is 2.00 bits per heavy atom. The number of likely N-dealkylation sites (tertiary alicyclic amines) is 1. The van der Waals surface area contributed by atoms with E-state index in [1.54, 1.807) is 0 Å². The number of anilines is 1. The Hall–Kier alpha value is -1.43. The quantitative estimate of drug-likeness (QED) is 0.748. The van der Waals surface area contributed by atoms with Crippen molar-refractivity contribution in [1.29, 1.82) is 0 Å². The number of carbonyl (C=O) groups excluding carboxylic acids is 1. The molecule has 1 aliphatic rings. The van der Waals surface area contributed by atoms with Crippen molar-refractivity contribution in [3.05, 3.63) is 30.3 Å². The third-order valence-corrected chi connectivity index (χ3v) is 3.62. The largest absolute Gasteiger partial charge is 0.396 e. The van der Waals surface area contributed by atoms with Crippen LogP contribution in [0.5, 0.6) is 0 Å². The van der Waals surface area contributed by atoms with Crippen molar-refractivity contribution in [2.75, 3.05) is 38.2 Å². The Morgan fingerprint density at radius 3 is 2.67 bits per heavy atom. The molecule has 0 aromatic heterocycles. The summed E-state index contributed by atoms with van der Waals surface area (Å²) in [4.78, 5) is 14.1. The van der Waals surface area contributed by atoms with Crippen LogP contribution < -0.4 is 5.32 Å². The molecular weight excluding hydrogens is 268 g/mol. The van der Waals surface area contributed by atoms with E-state index in [0.29, 0.717) is 19.6 Å². The first-order valence-electron chi connectivity index (χ1n) is 7.57. The molecule has 5 heteroatoms. The average Bonchev–Trinajstić information content (AvgIpc) is 2.50. The fraction of sp³-hybridized carbons (Fsp3) is 0.562. The van der Waals surface area contributed by atoms with E-state index in [1.165, 1.54) is 0 Å². The van der Waals surface area contributed by atoms with Gasteiger partial charge in [0.25, 0.3) is 0 Å². The van der Waals surface area contributed by atoms with Gasteiger partial charge in [-0.25, -0.2) is 0 Å². The predicted molar refractivity (Wildman–Crippen MR) is 82.2 cm³/mol. The van der Waals surface area contributed by atoms with Crippen LogP contribution in [0.1, 0.15) is 19.3 Å². The number of aliphatic hydroxyl groups excluding tert-OH is 1. The van der Waals surface area contributed by atoms with Crippen LogP contribution in [-0.4, -0.2) is 54.9 Å². The lowest BCUT2D eigenvalue weighted by atomic mass is 10.1. The molecular formula is C16H24N2O3. The van der Waals surface area contributed by atoms with Crippen molar-refractivity contribution in [3.8, 4) is 0 Å². The maximum Gasteiger partial charge on any atom is 0.238 e. The molecule has 0 atom stereocenters. The monoisotopic (exact) mass is 292 g/mol. The summed E-state index contributed by atoms with van der Waals surface area (Å²) < 4.78 is 5.69. The van der Waals surface area contributed by atoms with Crippen LogP contribution >= 0.6 is 0 Å². The van der Waals surface area contributed by atoms with E-state index in [4.69, 9.17) is 9.84 Å². The molecule has 2 rings (SSSR count). The number of nitrogens with zero attached hydrogens (tertiary/aromatic N) is 1. The zero-order valence-electron chi connectivity index (χ0n) is 12.3. The molecule has 0 spiro atoms. The number of piperidine rings is 1. The first-order chi connectivity index (χ1) is 10.3. The summed E-state index contributed by atoms with van der Waals surface area (Å²) >= 11 is 0. The number of nitrogens with one attached hydrogen (secondary N) is 1. The smallest absolute Gasteiger partial charge is 0.238 e. The third-order valence-electron chi connectivity index (χ3n) is 3.62. The average molecular weight is 292 g/mol. The van der Waals surface area contributed by atoms with Crippen molar-refractivity contribution >= 4 is 11.6 Å². The maximum absolute atomic E-state index is 12.0. The third kappa shape index (κ3) is 5.83. The summed E-state index contributed by atoms with van der Waals surface area (Å²) in [5, 5.41) is 11.6. The SMILES string of the molecule is O=C(CN1CCC(OCCCO)CC1)Nc1ccccc1. The zero-order valence-corrected chi connectivity index (χ0v) is 12.3. The predicted octanol–water partition coefficient (Wildman–Crippen LogP) is 1.49. The highest BCUT2D eigenvalue weighted by Crippen LogP contribution is 2.14. The second-order valence-corrected chi connectivity index (χ2v) is 5.34. The Morgan fingerprint density at radius 1 is 1.29 bits per heavy atom. The van der Waals surface area contributed by atoms with Crippen molar-refractivity contribution in [2.45, 2.75) is 25.4 Å². The van der Waals surface area contributed by atoms with Crippen LogP contribution in [0.15, 0.2) is 30.3 Å². The van der Waals surface area contributed by atoms with Gasteiger partial charge in [0.2, 0.25) is 5.91 Å². The number of para-hydroxylation sites is 1. The van der Waals surface area contributed by atoms with E-state index in [9.17, 15) is 4.79 Å². The Labute approximate surface area is 125 Å². The number of amides is 1. The van der Waals surface area contributed by atoms with E-state index >= 15 is 0 Å². The molecule has 1 aromatic carbocycles. The summed E-state index contributed by atoms with van der Waals surface area (Å²) in [5.41, 5.74) is 0.838. The summed E-state index contributed by atoms with van der Waals surface area (Å²) in [7, 11) is 0. The molecule has 1 aromatic rings. The minimum absolute atomic E-state index is 0.0286. The maximum atomic E-state index is 12.0. The number of aliphatic hydroxyl groups is 1. The molecule has 0 bridgehead atoms. The molecule has 2 N–H and O–H groups in total. The molecule has 0 unspecified atom stereocenters. The Kier molecular flexibility index (Phi) is 6.66. The molecule has 1 saturated heterocycles. The number of rotatable bonds is 7. The van der Waals surface area contributed by atoms with E-state index in [1.807, 2.05) is 30.3 Å². The molecule has 1 aliphatic heterocycles. The van der Waals surface area contributed by atoms with E-state index in [0.717, 1.165) is 31.6 Å². The van der Waals surface area contributed by atoms with Crippen molar-refractivity contribution in [1.82, 2.24) is 4.90 Å². The zero-order chi connectivity index (χ0) is 14.9. The fourth-order valence-electron chi connectivity index (χ4n) is 2.47. The first kappa shape index (κ1) is 15.9. The molecule has 1 fully saturated rings. The van der Waals surface area contributed by atoms with E-state index in [-0.39, 0.29) is 18.6 Å². The number of hydrogen-bond acceptors (Lipinski definition) is 4. The van der Waals surface area contributed by atoms with Crippen LogP contribution in [0, 0.1) is 0 Å². The lowest BCUT2D eigenvalue weighted by molar-refractivity contribution is -0.118. The number of carbonyl (C=O) groups is 1. The summed E-state index contributed by atoms with van der Waals surface area (Å²) in [6.07, 6.45) is 2.86. The standard InChI is InChI=1S/C16H24N2O3/c19-11-4-12-21-15-7-9-18(10-8-15)13-16(20)17-14-5-2-1-3-6-14/h1-3,5-6,15,19H,4,7-13H2,(H,17,20). The molecule has 0 aliphatic carbocycles. The van der Waals surface area contributed by atoms with Crippen LogP contribution in [0.3, 0.4) is 0 Å². The van der Waals surface area contributed by atoms with Gasteiger partial charge in [0.15, 0.2) is 0 Å². The van der Waals surface area contributed by atoms with Gasteiger partial charge in [0.05, 0.1) is 12.6 Å². The molecule has 21 heavy (non-hydrogen) atoms. The highest BCUT2D eigenvalue weighted by atomic mass is 16.5. The van der Waals surface area contributed by atoms with Gasteiger partial charge in [-0.1, -0.05) is 18.2 Å². The van der Waals surface area contributed by atoms with Gasteiger partial charge in [0.1, 0.15) is 0 Å². The van der Waals surface area contributed by atoms with Gasteiger partial charge in [-0.3, -0.25) is 9.69 Å². The van der Waals surface area contributed by atoms with Gasteiger partial charge < -0.3 is 15.2 Å². The van der Waals surface area contributed by atoms with Crippen molar-refractivity contribution < 1.29 is 14.6 Å². The van der Waals surface area contributed by atoms with Gasteiger partial charge in [0, 0.05) is 32.0 Å². The second-order valence-electron chi connectivity index (χ2n) is 5.34. The van der Waals surface area contributed by atoms with Gasteiger partial charge >= 0.3 is 0 Å². The first-order valence-corrected chi connectivity index (χ1v) is 7.57. The minimum atomic E-state index is 0.0286. The van der Waals surface area contributed by atoms with Crippen LogP contribution in [0.4, 0.5) is 5.69 Å². The molecule has 1 heterocycles. The number of benzene rings is 1. The Balaban J connectivity index is 1.65. The van der Waals surface area contributed by atoms with Gasteiger partial charge in [-0.2, -0.15) is 0 Å². The van der Waals surface area contributed by atoms with Crippen molar-refractivity contribution in [2.24, 2.45) is 0 Å². The number of hydrogen-bond donors (Lipinski definition) is 2. The summed E-state index contributed by atoms with van der Waals surface area (Å²) in [5.74, 6) is 0.0286. The fourth-order valence-corrected chi connectivity index (χ4v) is 2.47. The van der Waals surface area contributed by atoms with Gasteiger partial charge in [-0.15, -0.1) is 0 Å². The molecule has 0 radical (unpaired) electrons. The minimum Gasteiger partial charge on any atom is -0.396 e. The normalized spacial score (nSPS) is 16.8.